The molecule has 1 N–H and O–H groups in total. The number of benzene rings is 2. The Morgan fingerprint density at radius 2 is 1.82 bits per heavy atom. The lowest BCUT2D eigenvalue weighted by atomic mass is 9.79. The Kier molecular flexibility index (Phi) is 5.58. The van der Waals surface area contributed by atoms with Crippen molar-refractivity contribution >= 4 is 23.5 Å². The van der Waals surface area contributed by atoms with Crippen LogP contribution in [0, 0.1) is 5.82 Å². The molecule has 0 atom stereocenters. The van der Waals surface area contributed by atoms with Crippen LogP contribution in [0.15, 0.2) is 53.7 Å². The second-order valence-electron chi connectivity index (χ2n) is 9.50. The van der Waals surface area contributed by atoms with Gasteiger partial charge in [-0.15, -0.1) is 0 Å². The van der Waals surface area contributed by atoms with E-state index in [1.807, 2.05) is 18.3 Å². The van der Waals surface area contributed by atoms with E-state index >= 15 is 0 Å². The number of halogens is 1. The molecular formula is C26H29FN6. The number of fused-ring (bicyclic) bond motifs is 1. The molecule has 2 aromatic carbocycles. The van der Waals surface area contributed by atoms with Crippen LogP contribution in [0.1, 0.15) is 25.0 Å². The summed E-state index contributed by atoms with van der Waals surface area (Å²) in [5.41, 5.74) is 5.69. The van der Waals surface area contributed by atoms with Crippen molar-refractivity contribution in [3.05, 3.63) is 65.6 Å². The van der Waals surface area contributed by atoms with Gasteiger partial charge in [-0.3, -0.25) is 4.99 Å². The lowest BCUT2D eigenvalue weighted by Gasteiger charge is -2.34. The number of aromatic nitrogens is 2. The summed E-state index contributed by atoms with van der Waals surface area (Å²) in [7, 11) is 2.09. The van der Waals surface area contributed by atoms with Crippen molar-refractivity contribution in [2.24, 2.45) is 4.99 Å². The van der Waals surface area contributed by atoms with Crippen LogP contribution < -0.4 is 10.2 Å². The number of likely N-dealkylation sites (N-methyl/N-ethyl adjacent to an activating group) is 1. The summed E-state index contributed by atoms with van der Waals surface area (Å²) in [4.78, 5) is 18.0. The molecule has 0 aliphatic carbocycles. The van der Waals surface area contributed by atoms with E-state index in [1.165, 1.54) is 11.6 Å². The Hall–Kier alpha value is -3.32. The highest BCUT2D eigenvalue weighted by atomic mass is 19.1. The molecule has 0 spiro atoms. The molecule has 2 aliphatic heterocycles. The summed E-state index contributed by atoms with van der Waals surface area (Å²) in [6.07, 6.45) is 3.70. The molecule has 0 radical (unpaired) electrons. The normalized spacial score (nSPS) is 17.6. The van der Waals surface area contributed by atoms with Crippen molar-refractivity contribution in [1.82, 2.24) is 14.9 Å². The minimum atomic E-state index is -0.208. The maximum atomic E-state index is 14.6. The first-order valence-electron chi connectivity index (χ1n) is 11.4. The number of hydrogen-bond acceptors (Lipinski definition) is 6. The zero-order chi connectivity index (χ0) is 23.0. The molecule has 1 saturated heterocycles. The van der Waals surface area contributed by atoms with Gasteiger partial charge in [0.25, 0.3) is 0 Å². The Balaban J connectivity index is 1.40. The number of nitrogens with zero attached hydrogens (tertiary/aromatic N) is 5. The predicted molar refractivity (Wildman–Crippen MR) is 132 cm³/mol. The predicted octanol–water partition coefficient (Wildman–Crippen LogP) is 4.49. The lowest BCUT2D eigenvalue weighted by Crippen LogP contribution is -2.44. The fourth-order valence-corrected chi connectivity index (χ4v) is 4.46. The van der Waals surface area contributed by atoms with Crippen LogP contribution in [0.2, 0.25) is 0 Å². The Labute approximate surface area is 194 Å². The standard InChI is InChI=1S/C26H29FN6/c1-26(2)17-28-16-19-5-4-18(14-21(19)26)23-8-9-29-25(31-23)30-20-6-7-22(27)24(15-20)33-12-10-32(3)11-13-33/h4-9,14-16H,10-13,17H2,1-3H3,(H,29,30,31). The maximum absolute atomic E-state index is 14.6. The van der Waals surface area contributed by atoms with Crippen LogP contribution in [-0.4, -0.2) is 60.9 Å². The molecule has 3 aromatic rings. The molecule has 2 aliphatic rings. The summed E-state index contributed by atoms with van der Waals surface area (Å²) < 4.78 is 14.6. The van der Waals surface area contributed by atoms with Crippen LogP contribution in [-0.2, 0) is 5.41 Å². The maximum Gasteiger partial charge on any atom is 0.227 e. The first kappa shape index (κ1) is 21.5. The molecular weight excluding hydrogens is 415 g/mol. The molecule has 7 heteroatoms. The molecule has 5 rings (SSSR count). The average Bonchev–Trinajstić information content (AvgIpc) is 2.81. The highest BCUT2D eigenvalue weighted by Gasteiger charge is 2.26. The van der Waals surface area contributed by atoms with Crippen molar-refractivity contribution in [2.45, 2.75) is 19.3 Å². The fourth-order valence-electron chi connectivity index (χ4n) is 4.46. The van der Waals surface area contributed by atoms with Gasteiger partial charge in [-0.1, -0.05) is 26.0 Å². The summed E-state index contributed by atoms with van der Waals surface area (Å²) >= 11 is 0. The fraction of sp³-hybridized carbons (Fsp3) is 0.346. The molecule has 1 aromatic heterocycles. The monoisotopic (exact) mass is 444 g/mol. The zero-order valence-corrected chi connectivity index (χ0v) is 19.3. The van der Waals surface area contributed by atoms with Gasteiger partial charge in [0.1, 0.15) is 5.82 Å². The summed E-state index contributed by atoms with van der Waals surface area (Å²) in [6.45, 7) is 8.67. The number of rotatable bonds is 4. The molecule has 0 amide bonds. The van der Waals surface area contributed by atoms with Gasteiger partial charge in [-0.25, -0.2) is 14.4 Å². The third-order valence-corrected chi connectivity index (χ3v) is 6.50. The SMILES string of the molecule is CN1CCN(c2cc(Nc3nccc(-c4ccc5c(c4)C(C)(C)CN=C5)n3)ccc2F)CC1. The smallest absolute Gasteiger partial charge is 0.227 e. The third-order valence-electron chi connectivity index (χ3n) is 6.50. The summed E-state index contributed by atoms with van der Waals surface area (Å²) in [5.74, 6) is 0.280. The van der Waals surface area contributed by atoms with Gasteiger partial charge in [0.2, 0.25) is 5.95 Å². The van der Waals surface area contributed by atoms with Crippen LogP contribution in [0.4, 0.5) is 21.7 Å². The van der Waals surface area contributed by atoms with E-state index < -0.39 is 0 Å². The highest BCUT2D eigenvalue weighted by Crippen LogP contribution is 2.33. The average molecular weight is 445 g/mol. The van der Waals surface area contributed by atoms with E-state index in [0.717, 1.165) is 55.2 Å². The van der Waals surface area contributed by atoms with E-state index in [9.17, 15) is 4.39 Å². The molecule has 1 fully saturated rings. The van der Waals surface area contributed by atoms with Crippen LogP contribution in [0.25, 0.3) is 11.3 Å². The minimum Gasteiger partial charge on any atom is -0.367 e. The van der Waals surface area contributed by atoms with Gasteiger partial charge in [-0.05, 0) is 48.5 Å². The second-order valence-corrected chi connectivity index (χ2v) is 9.50. The molecule has 170 valence electrons. The van der Waals surface area contributed by atoms with E-state index in [-0.39, 0.29) is 11.2 Å². The van der Waals surface area contributed by atoms with E-state index in [1.54, 1.807) is 12.3 Å². The van der Waals surface area contributed by atoms with E-state index in [2.05, 4.69) is 64.2 Å². The zero-order valence-electron chi connectivity index (χ0n) is 19.3. The Morgan fingerprint density at radius 3 is 2.64 bits per heavy atom. The highest BCUT2D eigenvalue weighted by molar-refractivity contribution is 5.85. The van der Waals surface area contributed by atoms with Crippen LogP contribution in [0.3, 0.4) is 0 Å². The van der Waals surface area contributed by atoms with Gasteiger partial charge in [-0.2, -0.15) is 0 Å². The molecule has 0 saturated carbocycles. The number of piperazine rings is 1. The number of nitrogens with one attached hydrogen (secondary N) is 1. The lowest BCUT2D eigenvalue weighted by molar-refractivity contribution is 0.311. The van der Waals surface area contributed by atoms with Gasteiger partial charge >= 0.3 is 0 Å². The van der Waals surface area contributed by atoms with Crippen molar-refractivity contribution < 1.29 is 4.39 Å². The number of hydrogen-bond donors (Lipinski definition) is 1. The molecule has 0 unspecified atom stereocenters. The number of anilines is 3. The Bertz CT molecular complexity index is 1200. The first-order chi connectivity index (χ1) is 15.9. The van der Waals surface area contributed by atoms with Gasteiger partial charge < -0.3 is 15.1 Å². The van der Waals surface area contributed by atoms with Crippen LogP contribution >= 0.6 is 0 Å². The van der Waals surface area contributed by atoms with Crippen LogP contribution in [0.5, 0.6) is 0 Å². The molecule has 6 nitrogen and oxygen atoms in total. The first-order valence-corrected chi connectivity index (χ1v) is 11.4. The van der Waals surface area contributed by atoms with Crippen molar-refractivity contribution in [3.63, 3.8) is 0 Å². The van der Waals surface area contributed by atoms with E-state index in [4.69, 9.17) is 4.98 Å². The topological polar surface area (TPSA) is 56.6 Å². The minimum absolute atomic E-state index is 0.0119. The van der Waals surface area contributed by atoms with Gasteiger partial charge in [0.05, 0.1) is 11.4 Å². The van der Waals surface area contributed by atoms with Crippen molar-refractivity contribution in [2.75, 3.05) is 50.0 Å². The molecule has 3 heterocycles. The summed E-state index contributed by atoms with van der Waals surface area (Å²) in [6, 6.07) is 13.4. The third kappa shape index (κ3) is 4.46. The second kappa shape index (κ2) is 8.56. The van der Waals surface area contributed by atoms with Crippen molar-refractivity contribution in [1.29, 1.82) is 0 Å². The quantitative estimate of drug-likeness (QED) is 0.643. The van der Waals surface area contributed by atoms with Crippen molar-refractivity contribution in [3.8, 4) is 11.3 Å². The largest absolute Gasteiger partial charge is 0.367 e. The molecule has 33 heavy (non-hydrogen) atoms. The van der Waals surface area contributed by atoms with E-state index in [0.29, 0.717) is 11.6 Å². The summed E-state index contributed by atoms with van der Waals surface area (Å²) in [5, 5.41) is 3.26. The molecule has 0 bridgehead atoms. The van der Waals surface area contributed by atoms with Gasteiger partial charge in [0, 0.05) is 61.8 Å². The number of aliphatic imine (C=N–C) groups is 1. The Morgan fingerprint density at radius 1 is 1.00 bits per heavy atom. The van der Waals surface area contributed by atoms with Gasteiger partial charge in [0.15, 0.2) is 0 Å².